The minimum absolute atomic E-state index is 0.173. The Morgan fingerprint density at radius 3 is 2.74 bits per heavy atom. The molecule has 0 unspecified atom stereocenters. The maximum absolute atomic E-state index is 12.9. The fourth-order valence-corrected chi connectivity index (χ4v) is 4.58. The van der Waals surface area contributed by atoms with E-state index in [2.05, 4.69) is 20.2 Å². The third-order valence-electron chi connectivity index (χ3n) is 6.30. The van der Waals surface area contributed by atoms with Crippen LogP contribution < -0.4 is 26.1 Å². The Morgan fingerprint density at radius 2 is 2.00 bits per heavy atom. The van der Waals surface area contributed by atoms with Gasteiger partial charge in [0, 0.05) is 31.5 Å². The number of anilines is 1. The maximum atomic E-state index is 12.9. The Labute approximate surface area is 201 Å². The van der Waals surface area contributed by atoms with Gasteiger partial charge >= 0.3 is 0 Å². The van der Waals surface area contributed by atoms with Crippen molar-refractivity contribution in [3.63, 3.8) is 0 Å². The first-order valence-electron chi connectivity index (χ1n) is 11.3. The SMILES string of the molecule is O=c1[nH]c(N2CCOC3(CCNCC3)C2)ccc1-n1ccc(OCc2ccc(Cl)cn2)cc1=O. The van der Waals surface area contributed by atoms with Crippen LogP contribution in [0.5, 0.6) is 5.75 Å². The molecule has 2 aliphatic rings. The fraction of sp³-hybridized carbons (Fsp3) is 0.375. The molecule has 0 atom stereocenters. The van der Waals surface area contributed by atoms with E-state index in [1.807, 2.05) is 6.07 Å². The van der Waals surface area contributed by atoms with E-state index in [9.17, 15) is 9.59 Å². The quantitative estimate of drug-likeness (QED) is 0.573. The number of aromatic amines is 1. The average Bonchev–Trinajstić information content (AvgIpc) is 2.85. The second kappa shape index (κ2) is 9.61. The van der Waals surface area contributed by atoms with Gasteiger partial charge in [-0.15, -0.1) is 0 Å². The van der Waals surface area contributed by atoms with E-state index >= 15 is 0 Å². The Morgan fingerprint density at radius 1 is 1.15 bits per heavy atom. The van der Waals surface area contributed by atoms with Gasteiger partial charge in [0.15, 0.2) is 0 Å². The minimum atomic E-state index is -0.361. The molecule has 2 fully saturated rings. The van der Waals surface area contributed by atoms with Crippen molar-refractivity contribution in [3.05, 3.63) is 80.2 Å². The van der Waals surface area contributed by atoms with Crippen LogP contribution in [0.1, 0.15) is 18.5 Å². The van der Waals surface area contributed by atoms with Crippen LogP contribution in [-0.2, 0) is 11.3 Å². The lowest BCUT2D eigenvalue weighted by Crippen LogP contribution is -2.56. The molecule has 0 saturated carbocycles. The summed E-state index contributed by atoms with van der Waals surface area (Å²) in [6.07, 6.45) is 4.97. The number of piperidine rings is 1. The number of hydrogen-bond acceptors (Lipinski definition) is 7. The zero-order chi connectivity index (χ0) is 23.5. The summed E-state index contributed by atoms with van der Waals surface area (Å²) in [6, 6.07) is 10.0. The first kappa shape index (κ1) is 22.6. The molecule has 0 amide bonds. The number of morpholine rings is 1. The molecule has 0 aromatic carbocycles. The Bertz CT molecular complexity index is 1260. The van der Waals surface area contributed by atoms with Crippen molar-refractivity contribution < 1.29 is 9.47 Å². The molecule has 0 aliphatic carbocycles. The summed E-state index contributed by atoms with van der Waals surface area (Å²) in [5.74, 6) is 1.13. The third-order valence-corrected chi connectivity index (χ3v) is 6.53. The van der Waals surface area contributed by atoms with Crippen molar-refractivity contribution >= 4 is 17.4 Å². The van der Waals surface area contributed by atoms with Crippen LogP contribution in [0.3, 0.4) is 0 Å². The summed E-state index contributed by atoms with van der Waals surface area (Å²) in [5.41, 5.74) is 0.0803. The van der Waals surface area contributed by atoms with Crippen LogP contribution in [-0.4, -0.2) is 52.9 Å². The monoisotopic (exact) mass is 483 g/mol. The second-order valence-electron chi connectivity index (χ2n) is 8.59. The Kier molecular flexibility index (Phi) is 6.40. The van der Waals surface area contributed by atoms with Crippen LogP contribution in [0.4, 0.5) is 5.82 Å². The average molecular weight is 484 g/mol. The standard InChI is InChI=1S/C24H26ClN5O4/c25-17-1-2-18(27-14-17)15-33-19-5-10-30(22(31)13-19)20-3-4-21(28-23(20)32)29-11-12-34-24(16-29)6-8-26-9-7-24/h1-5,10,13-14,26H,6-9,11-12,15-16H2,(H,28,32). The molecule has 3 aromatic rings. The number of halogens is 1. The summed E-state index contributed by atoms with van der Waals surface area (Å²) < 4.78 is 13.1. The molecule has 2 saturated heterocycles. The summed E-state index contributed by atoms with van der Waals surface area (Å²) in [7, 11) is 0. The first-order chi connectivity index (χ1) is 16.5. The van der Waals surface area contributed by atoms with E-state index in [-0.39, 0.29) is 29.0 Å². The van der Waals surface area contributed by atoms with Crippen LogP contribution >= 0.6 is 11.6 Å². The number of nitrogens with one attached hydrogen (secondary N) is 2. The summed E-state index contributed by atoms with van der Waals surface area (Å²) in [4.78, 5) is 34.9. The maximum Gasteiger partial charge on any atom is 0.273 e. The Balaban J connectivity index is 1.30. The van der Waals surface area contributed by atoms with E-state index in [1.165, 1.54) is 23.0 Å². The highest BCUT2D eigenvalue weighted by Crippen LogP contribution is 2.29. The molecule has 9 nitrogen and oxygen atoms in total. The second-order valence-corrected chi connectivity index (χ2v) is 9.02. The van der Waals surface area contributed by atoms with Crippen molar-refractivity contribution in [3.8, 4) is 11.4 Å². The predicted octanol–water partition coefficient (Wildman–Crippen LogP) is 2.11. The largest absolute Gasteiger partial charge is 0.487 e. The molecule has 0 radical (unpaired) electrons. The first-order valence-corrected chi connectivity index (χ1v) is 11.7. The number of aromatic nitrogens is 3. The molecule has 34 heavy (non-hydrogen) atoms. The summed E-state index contributed by atoms with van der Waals surface area (Å²) >= 11 is 5.84. The number of pyridine rings is 3. The molecular formula is C24H26ClN5O4. The van der Waals surface area contributed by atoms with E-state index in [0.29, 0.717) is 29.6 Å². The van der Waals surface area contributed by atoms with Gasteiger partial charge in [-0.2, -0.15) is 0 Å². The zero-order valence-electron chi connectivity index (χ0n) is 18.6. The van der Waals surface area contributed by atoms with Crippen LogP contribution in [0.15, 0.2) is 58.4 Å². The lowest BCUT2D eigenvalue weighted by Gasteiger charge is -2.45. The van der Waals surface area contributed by atoms with E-state index < -0.39 is 0 Å². The van der Waals surface area contributed by atoms with E-state index in [4.69, 9.17) is 21.1 Å². The highest BCUT2D eigenvalue weighted by Gasteiger charge is 2.38. The molecule has 10 heteroatoms. The van der Waals surface area contributed by atoms with Crippen molar-refractivity contribution in [1.29, 1.82) is 0 Å². The van der Waals surface area contributed by atoms with E-state index in [0.717, 1.165) is 38.3 Å². The summed E-state index contributed by atoms with van der Waals surface area (Å²) in [5, 5.41) is 3.91. The van der Waals surface area contributed by atoms with Gasteiger partial charge in [-0.1, -0.05) is 11.6 Å². The fourth-order valence-electron chi connectivity index (χ4n) is 4.46. The molecule has 5 rings (SSSR count). The molecule has 3 aromatic heterocycles. The molecule has 2 aliphatic heterocycles. The number of hydrogen-bond donors (Lipinski definition) is 2. The van der Waals surface area contributed by atoms with Gasteiger partial charge in [0.1, 0.15) is 23.9 Å². The molecular weight excluding hydrogens is 458 g/mol. The Hall–Kier alpha value is -3.14. The molecule has 178 valence electrons. The minimum Gasteiger partial charge on any atom is -0.487 e. The number of ether oxygens (including phenoxy) is 2. The van der Waals surface area contributed by atoms with Gasteiger partial charge in [-0.3, -0.25) is 19.1 Å². The molecule has 5 heterocycles. The van der Waals surface area contributed by atoms with Crippen molar-refractivity contribution in [2.45, 2.75) is 25.0 Å². The third kappa shape index (κ3) is 4.86. The molecule has 0 bridgehead atoms. The van der Waals surface area contributed by atoms with Crippen molar-refractivity contribution in [2.75, 3.05) is 37.7 Å². The van der Waals surface area contributed by atoms with Gasteiger partial charge in [-0.25, -0.2) is 0 Å². The van der Waals surface area contributed by atoms with Crippen LogP contribution in [0, 0.1) is 0 Å². The lowest BCUT2D eigenvalue weighted by molar-refractivity contribution is -0.0740. The molecule has 2 N–H and O–H groups in total. The van der Waals surface area contributed by atoms with Gasteiger partial charge in [0.2, 0.25) is 0 Å². The highest BCUT2D eigenvalue weighted by atomic mass is 35.5. The predicted molar refractivity (Wildman–Crippen MR) is 129 cm³/mol. The molecule has 1 spiro atoms. The lowest BCUT2D eigenvalue weighted by atomic mass is 9.90. The van der Waals surface area contributed by atoms with Crippen LogP contribution in [0.2, 0.25) is 5.02 Å². The van der Waals surface area contributed by atoms with Gasteiger partial charge < -0.3 is 24.7 Å². The number of H-pyrrole nitrogens is 1. The normalized spacial score (nSPS) is 17.6. The van der Waals surface area contributed by atoms with E-state index in [1.54, 1.807) is 24.3 Å². The van der Waals surface area contributed by atoms with Crippen molar-refractivity contribution in [2.24, 2.45) is 0 Å². The van der Waals surface area contributed by atoms with Gasteiger partial charge in [0.25, 0.3) is 11.1 Å². The highest BCUT2D eigenvalue weighted by molar-refractivity contribution is 6.30. The van der Waals surface area contributed by atoms with Gasteiger partial charge in [0.05, 0.1) is 22.9 Å². The summed E-state index contributed by atoms with van der Waals surface area (Å²) in [6.45, 7) is 4.13. The van der Waals surface area contributed by atoms with Crippen LogP contribution in [0.25, 0.3) is 5.69 Å². The zero-order valence-corrected chi connectivity index (χ0v) is 19.4. The van der Waals surface area contributed by atoms with Crippen molar-refractivity contribution in [1.82, 2.24) is 19.9 Å². The number of rotatable bonds is 5. The van der Waals surface area contributed by atoms with Gasteiger partial charge in [-0.05, 0) is 56.3 Å². The number of nitrogens with zero attached hydrogens (tertiary/aromatic N) is 3. The topological polar surface area (TPSA) is 101 Å². The smallest absolute Gasteiger partial charge is 0.273 e.